The lowest BCUT2D eigenvalue weighted by molar-refractivity contribution is 0.580. The molecule has 0 heterocycles. The van der Waals surface area contributed by atoms with E-state index in [9.17, 15) is 12.8 Å². The Morgan fingerprint density at radius 2 is 1.80 bits per heavy atom. The summed E-state index contributed by atoms with van der Waals surface area (Å²) in [5.74, 6) is -0.477. The first kappa shape index (κ1) is 15.0. The zero-order chi connectivity index (χ0) is 14.8. The van der Waals surface area contributed by atoms with Crippen molar-refractivity contribution in [3.05, 3.63) is 64.4 Å². The molecule has 0 aliphatic heterocycles. The average molecular weight is 314 g/mol. The second kappa shape index (κ2) is 5.91. The van der Waals surface area contributed by atoms with Gasteiger partial charge in [-0.2, -0.15) is 0 Å². The third-order valence-electron chi connectivity index (χ3n) is 2.89. The van der Waals surface area contributed by atoms with Crippen molar-refractivity contribution in [2.45, 2.75) is 18.4 Å². The van der Waals surface area contributed by atoms with Crippen LogP contribution in [-0.4, -0.2) is 8.42 Å². The van der Waals surface area contributed by atoms with E-state index in [-0.39, 0.29) is 11.4 Å². The number of rotatable bonds is 4. The summed E-state index contributed by atoms with van der Waals surface area (Å²) >= 11 is 5.88. The van der Waals surface area contributed by atoms with Crippen LogP contribution in [0.3, 0.4) is 0 Å². The summed E-state index contributed by atoms with van der Waals surface area (Å²) in [4.78, 5) is 0.0265. The predicted octanol–water partition coefficient (Wildman–Crippen LogP) is 3.27. The van der Waals surface area contributed by atoms with Gasteiger partial charge in [-0.25, -0.2) is 17.5 Å². The molecule has 0 bridgehead atoms. The molecule has 0 amide bonds. The summed E-state index contributed by atoms with van der Waals surface area (Å²) in [6.45, 7) is 2.00. The van der Waals surface area contributed by atoms with Crippen LogP contribution in [0.4, 0.5) is 4.39 Å². The Morgan fingerprint density at radius 1 is 1.15 bits per heavy atom. The van der Waals surface area contributed by atoms with E-state index >= 15 is 0 Å². The Morgan fingerprint density at radius 3 is 2.45 bits per heavy atom. The van der Waals surface area contributed by atoms with Crippen molar-refractivity contribution < 1.29 is 12.8 Å². The first-order chi connectivity index (χ1) is 9.38. The van der Waals surface area contributed by atoms with Crippen LogP contribution in [0.5, 0.6) is 0 Å². The van der Waals surface area contributed by atoms with Crippen molar-refractivity contribution >= 4 is 21.6 Å². The van der Waals surface area contributed by atoms with E-state index in [1.807, 2.05) is 13.0 Å². The molecule has 1 N–H and O–H groups in total. The molecule has 0 fully saturated rings. The third kappa shape index (κ3) is 3.56. The molecular formula is C14H13ClFNO2S. The van der Waals surface area contributed by atoms with Crippen LogP contribution < -0.4 is 4.72 Å². The van der Waals surface area contributed by atoms with Crippen LogP contribution >= 0.6 is 11.6 Å². The maximum Gasteiger partial charge on any atom is 0.240 e. The Balaban J connectivity index is 2.17. The van der Waals surface area contributed by atoms with Gasteiger partial charge in [0.05, 0.1) is 4.90 Å². The highest BCUT2D eigenvalue weighted by Gasteiger charge is 2.14. The van der Waals surface area contributed by atoms with Crippen molar-refractivity contribution in [1.82, 2.24) is 4.72 Å². The lowest BCUT2D eigenvalue weighted by Crippen LogP contribution is -2.23. The molecule has 0 atom stereocenters. The summed E-state index contributed by atoms with van der Waals surface area (Å²) in [5, 5.41) is 0.548. The van der Waals surface area contributed by atoms with Gasteiger partial charge in [0.15, 0.2) is 0 Å². The minimum absolute atomic E-state index is 0.0265. The lowest BCUT2D eigenvalue weighted by Gasteiger charge is -2.09. The van der Waals surface area contributed by atoms with E-state index in [1.54, 1.807) is 12.1 Å². The molecule has 106 valence electrons. The third-order valence-corrected chi connectivity index (χ3v) is 4.54. The lowest BCUT2D eigenvalue weighted by atomic mass is 10.1. The Labute approximate surface area is 122 Å². The molecule has 0 radical (unpaired) electrons. The van der Waals surface area contributed by atoms with E-state index in [0.29, 0.717) is 5.02 Å². The Bertz CT molecular complexity index is 714. The van der Waals surface area contributed by atoms with Crippen LogP contribution in [0, 0.1) is 12.7 Å². The molecular weight excluding hydrogens is 301 g/mol. The number of benzene rings is 2. The zero-order valence-corrected chi connectivity index (χ0v) is 12.3. The number of nitrogens with one attached hydrogen (secondary N) is 1. The quantitative estimate of drug-likeness (QED) is 0.941. The highest BCUT2D eigenvalue weighted by atomic mass is 35.5. The Kier molecular flexibility index (Phi) is 4.42. The topological polar surface area (TPSA) is 46.2 Å². The van der Waals surface area contributed by atoms with Gasteiger partial charge in [0.25, 0.3) is 0 Å². The van der Waals surface area contributed by atoms with Crippen LogP contribution in [0.1, 0.15) is 11.1 Å². The highest BCUT2D eigenvalue weighted by Crippen LogP contribution is 2.16. The summed E-state index contributed by atoms with van der Waals surface area (Å²) in [5.41, 5.74) is 1.74. The molecule has 2 rings (SSSR count). The smallest absolute Gasteiger partial charge is 0.207 e. The first-order valence-corrected chi connectivity index (χ1v) is 7.75. The van der Waals surface area contributed by atoms with E-state index < -0.39 is 15.8 Å². The predicted molar refractivity (Wildman–Crippen MR) is 76.6 cm³/mol. The summed E-state index contributed by atoms with van der Waals surface area (Å²) in [6.07, 6.45) is 0. The molecule has 0 spiro atoms. The average Bonchev–Trinajstić information content (AvgIpc) is 2.40. The standard InChI is InChI=1S/C14H13ClFNO2S/c1-10-2-3-12(15)8-11(10)9-17-20(18,19)14-6-4-13(16)5-7-14/h2-8,17H,9H2,1H3. The molecule has 3 nitrogen and oxygen atoms in total. The maximum absolute atomic E-state index is 12.8. The van der Waals surface area contributed by atoms with Gasteiger partial charge in [0.1, 0.15) is 5.82 Å². The first-order valence-electron chi connectivity index (χ1n) is 5.89. The highest BCUT2D eigenvalue weighted by molar-refractivity contribution is 7.89. The molecule has 6 heteroatoms. The minimum atomic E-state index is -3.66. The number of aryl methyl sites for hydroxylation is 1. The van der Waals surface area contributed by atoms with Crippen molar-refractivity contribution in [3.8, 4) is 0 Å². The van der Waals surface area contributed by atoms with E-state index in [0.717, 1.165) is 23.3 Å². The maximum atomic E-state index is 12.8. The van der Waals surface area contributed by atoms with Crippen LogP contribution in [0.15, 0.2) is 47.4 Å². The van der Waals surface area contributed by atoms with Gasteiger partial charge in [-0.05, 0) is 54.4 Å². The number of sulfonamides is 1. The second-order valence-corrected chi connectivity index (χ2v) is 6.55. The zero-order valence-electron chi connectivity index (χ0n) is 10.7. The molecule has 0 saturated heterocycles. The molecule has 0 aliphatic carbocycles. The fourth-order valence-electron chi connectivity index (χ4n) is 1.70. The SMILES string of the molecule is Cc1ccc(Cl)cc1CNS(=O)(=O)c1ccc(F)cc1. The molecule has 0 aliphatic rings. The van der Waals surface area contributed by atoms with Crippen LogP contribution in [0.25, 0.3) is 0 Å². The number of halogens is 2. The van der Waals surface area contributed by atoms with Gasteiger partial charge in [-0.3, -0.25) is 0 Å². The van der Waals surface area contributed by atoms with Gasteiger partial charge in [-0.1, -0.05) is 17.7 Å². The van der Waals surface area contributed by atoms with Crippen molar-refractivity contribution in [2.24, 2.45) is 0 Å². The largest absolute Gasteiger partial charge is 0.240 e. The fraction of sp³-hybridized carbons (Fsp3) is 0.143. The molecule has 20 heavy (non-hydrogen) atoms. The van der Waals surface area contributed by atoms with E-state index in [1.165, 1.54) is 12.1 Å². The molecule has 2 aromatic carbocycles. The molecule has 0 unspecified atom stereocenters. The van der Waals surface area contributed by atoms with Gasteiger partial charge in [0.2, 0.25) is 10.0 Å². The summed E-state index contributed by atoms with van der Waals surface area (Å²) in [6, 6.07) is 9.95. The molecule has 2 aromatic rings. The molecule has 0 saturated carbocycles. The summed E-state index contributed by atoms with van der Waals surface area (Å²) in [7, 11) is -3.66. The minimum Gasteiger partial charge on any atom is -0.207 e. The van der Waals surface area contributed by atoms with Gasteiger partial charge in [0, 0.05) is 11.6 Å². The van der Waals surface area contributed by atoms with Crippen molar-refractivity contribution in [2.75, 3.05) is 0 Å². The van der Waals surface area contributed by atoms with Crippen molar-refractivity contribution in [1.29, 1.82) is 0 Å². The number of hydrogen-bond donors (Lipinski definition) is 1. The Hall–Kier alpha value is -1.43. The van der Waals surface area contributed by atoms with Crippen LogP contribution in [0.2, 0.25) is 5.02 Å². The fourth-order valence-corrected chi connectivity index (χ4v) is 2.90. The van der Waals surface area contributed by atoms with E-state index in [2.05, 4.69) is 4.72 Å². The summed E-state index contributed by atoms with van der Waals surface area (Å²) < 4.78 is 39.4. The van der Waals surface area contributed by atoms with Crippen LogP contribution in [-0.2, 0) is 16.6 Å². The number of hydrogen-bond acceptors (Lipinski definition) is 2. The van der Waals surface area contributed by atoms with Gasteiger partial charge >= 0.3 is 0 Å². The van der Waals surface area contributed by atoms with Gasteiger partial charge in [-0.15, -0.1) is 0 Å². The normalized spacial score (nSPS) is 11.6. The monoisotopic (exact) mass is 313 g/mol. The van der Waals surface area contributed by atoms with E-state index in [4.69, 9.17) is 11.6 Å². The van der Waals surface area contributed by atoms with Crippen molar-refractivity contribution in [3.63, 3.8) is 0 Å². The second-order valence-electron chi connectivity index (χ2n) is 4.35. The molecule has 0 aromatic heterocycles. The van der Waals surface area contributed by atoms with Gasteiger partial charge < -0.3 is 0 Å².